The average Bonchev–Trinajstić information content (AvgIpc) is 2.73. The van der Waals surface area contributed by atoms with E-state index >= 15 is 0 Å². The number of nitrogen functional groups attached to an aromatic ring is 1. The lowest BCUT2D eigenvalue weighted by Gasteiger charge is -2.14. The Morgan fingerprint density at radius 1 is 1.40 bits per heavy atom. The van der Waals surface area contributed by atoms with E-state index in [1.807, 2.05) is 18.2 Å². The average molecular weight is 274 g/mol. The van der Waals surface area contributed by atoms with Gasteiger partial charge in [-0.15, -0.1) is 0 Å². The van der Waals surface area contributed by atoms with Gasteiger partial charge in [-0.05, 0) is 18.2 Å². The fourth-order valence-corrected chi connectivity index (χ4v) is 2.27. The van der Waals surface area contributed by atoms with Crippen LogP contribution in [0.15, 0.2) is 18.2 Å². The summed E-state index contributed by atoms with van der Waals surface area (Å²) in [5.41, 5.74) is 8.45. The molecule has 5 heteroatoms. The minimum Gasteiger partial charge on any atom is -0.399 e. The van der Waals surface area contributed by atoms with Crippen LogP contribution >= 0.6 is 0 Å². The maximum atomic E-state index is 11.8. The molecular weight excluding hydrogens is 252 g/mol. The number of fused-ring (bicyclic) bond motifs is 1. The van der Waals surface area contributed by atoms with Crippen molar-refractivity contribution in [2.45, 2.75) is 32.7 Å². The molecule has 1 aromatic carbocycles. The van der Waals surface area contributed by atoms with Crippen molar-refractivity contribution >= 4 is 22.6 Å². The van der Waals surface area contributed by atoms with Gasteiger partial charge in [-0.1, -0.05) is 13.8 Å². The Morgan fingerprint density at radius 2 is 2.10 bits per heavy atom. The first kappa shape index (κ1) is 14.4. The van der Waals surface area contributed by atoms with E-state index in [9.17, 15) is 4.79 Å². The summed E-state index contributed by atoms with van der Waals surface area (Å²) in [7, 11) is 3.55. The third kappa shape index (κ3) is 2.76. The summed E-state index contributed by atoms with van der Waals surface area (Å²) in [4.78, 5) is 18.1. The van der Waals surface area contributed by atoms with Gasteiger partial charge in [0, 0.05) is 38.7 Å². The fraction of sp³-hybridized carbons (Fsp3) is 0.467. The number of nitrogens with two attached hydrogens (primary N) is 1. The summed E-state index contributed by atoms with van der Waals surface area (Å²) in [6.07, 6.45) is 0.475. The molecule has 0 saturated carbocycles. The molecule has 0 aliphatic rings. The number of benzene rings is 1. The predicted octanol–water partition coefficient (Wildman–Crippen LogP) is 2.22. The van der Waals surface area contributed by atoms with Crippen molar-refractivity contribution in [2.75, 3.05) is 19.8 Å². The number of hydrogen-bond donors (Lipinski definition) is 1. The highest BCUT2D eigenvalue weighted by atomic mass is 16.2. The van der Waals surface area contributed by atoms with Crippen molar-refractivity contribution in [3.05, 3.63) is 24.0 Å². The molecule has 0 aliphatic heterocycles. The molecule has 20 heavy (non-hydrogen) atoms. The first-order valence-electron chi connectivity index (χ1n) is 6.86. The highest BCUT2D eigenvalue weighted by Crippen LogP contribution is 2.24. The van der Waals surface area contributed by atoms with Crippen molar-refractivity contribution in [1.82, 2.24) is 14.5 Å². The summed E-state index contributed by atoms with van der Waals surface area (Å²) in [5, 5.41) is 0. The summed E-state index contributed by atoms with van der Waals surface area (Å²) >= 11 is 0. The Labute approximate surface area is 119 Å². The second kappa shape index (κ2) is 5.53. The lowest BCUT2D eigenvalue weighted by Crippen LogP contribution is -2.23. The van der Waals surface area contributed by atoms with Gasteiger partial charge < -0.3 is 15.2 Å². The van der Waals surface area contributed by atoms with Crippen LogP contribution in [0.25, 0.3) is 11.0 Å². The molecule has 2 rings (SSSR count). The van der Waals surface area contributed by atoms with Crippen molar-refractivity contribution in [3.63, 3.8) is 0 Å². The minimum absolute atomic E-state index is 0.122. The predicted molar refractivity (Wildman–Crippen MR) is 81.5 cm³/mol. The number of aryl methyl sites for hydroxylation is 1. The van der Waals surface area contributed by atoms with Crippen LogP contribution < -0.4 is 5.73 Å². The molecule has 2 aromatic rings. The molecule has 0 aliphatic carbocycles. The second-order valence-corrected chi connectivity index (χ2v) is 5.56. The molecule has 0 radical (unpaired) electrons. The van der Waals surface area contributed by atoms with Gasteiger partial charge in [0.05, 0.1) is 11.0 Å². The number of amides is 1. The van der Waals surface area contributed by atoms with Gasteiger partial charge in [0.25, 0.3) is 0 Å². The topological polar surface area (TPSA) is 64.1 Å². The molecular formula is C15H22N4O. The minimum atomic E-state index is 0.122. The van der Waals surface area contributed by atoms with Crippen LogP contribution in [0.4, 0.5) is 5.69 Å². The van der Waals surface area contributed by atoms with Crippen molar-refractivity contribution < 1.29 is 4.79 Å². The molecule has 1 amide bonds. The van der Waals surface area contributed by atoms with Crippen LogP contribution in [0, 0.1) is 0 Å². The van der Waals surface area contributed by atoms with Gasteiger partial charge in [-0.25, -0.2) is 4.98 Å². The van der Waals surface area contributed by atoms with Gasteiger partial charge in [-0.2, -0.15) is 0 Å². The van der Waals surface area contributed by atoms with E-state index in [4.69, 9.17) is 5.73 Å². The van der Waals surface area contributed by atoms with Crippen LogP contribution in [-0.2, 0) is 11.3 Å². The number of aromatic nitrogens is 2. The maximum absolute atomic E-state index is 11.8. The number of imidazole rings is 1. The molecule has 0 fully saturated rings. The summed E-state index contributed by atoms with van der Waals surface area (Å²) in [5.74, 6) is 1.42. The van der Waals surface area contributed by atoms with E-state index in [1.54, 1.807) is 19.0 Å². The molecule has 0 bridgehead atoms. The molecule has 1 heterocycles. The molecule has 0 unspecified atom stereocenters. The standard InChI is InChI=1S/C15H22N4O/c1-10(2)15-17-12-9-11(16)5-6-13(12)19(15)8-7-14(20)18(3)4/h5-6,9-10H,7-8,16H2,1-4H3. The van der Waals surface area contributed by atoms with Crippen molar-refractivity contribution in [3.8, 4) is 0 Å². The van der Waals surface area contributed by atoms with E-state index in [-0.39, 0.29) is 5.91 Å². The Hall–Kier alpha value is -2.04. The van der Waals surface area contributed by atoms with E-state index < -0.39 is 0 Å². The SMILES string of the molecule is CC(C)c1nc2cc(N)ccc2n1CCC(=O)N(C)C. The number of hydrogen-bond acceptors (Lipinski definition) is 3. The number of carbonyl (C=O) groups excluding carboxylic acids is 1. The second-order valence-electron chi connectivity index (χ2n) is 5.56. The van der Waals surface area contributed by atoms with Gasteiger partial charge in [0.1, 0.15) is 5.82 Å². The third-order valence-electron chi connectivity index (χ3n) is 3.37. The van der Waals surface area contributed by atoms with Crippen LogP contribution in [0.5, 0.6) is 0 Å². The maximum Gasteiger partial charge on any atom is 0.223 e. The van der Waals surface area contributed by atoms with Gasteiger partial charge >= 0.3 is 0 Å². The fourth-order valence-electron chi connectivity index (χ4n) is 2.27. The number of rotatable bonds is 4. The summed E-state index contributed by atoms with van der Waals surface area (Å²) in [6.45, 7) is 4.86. The lowest BCUT2D eigenvalue weighted by molar-refractivity contribution is -0.128. The third-order valence-corrected chi connectivity index (χ3v) is 3.37. The molecule has 0 atom stereocenters. The number of nitrogens with zero attached hydrogens (tertiary/aromatic N) is 3. The highest BCUT2D eigenvalue weighted by molar-refractivity contribution is 5.80. The molecule has 0 saturated heterocycles. The Balaban J connectivity index is 2.39. The molecule has 2 N–H and O–H groups in total. The summed E-state index contributed by atoms with van der Waals surface area (Å²) < 4.78 is 2.13. The zero-order chi connectivity index (χ0) is 14.9. The van der Waals surface area contributed by atoms with Crippen molar-refractivity contribution in [1.29, 1.82) is 0 Å². The molecule has 108 valence electrons. The monoisotopic (exact) mass is 274 g/mol. The summed E-state index contributed by atoms with van der Waals surface area (Å²) in [6, 6.07) is 5.73. The highest BCUT2D eigenvalue weighted by Gasteiger charge is 2.15. The van der Waals surface area contributed by atoms with E-state index in [0.717, 1.165) is 16.9 Å². The first-order chi connectivity index (χ1) is 9.40. The normalized spacial score (nSPS) is 11.2. The van der Waals surface area contributed by atoms with Crippen molar-refractivity contribution in [2.24, 2.45) is 0 Å². The van der Waals surface area contributed by atoms with E-state index in [1.165, 1.54) is 0 Å². The zero-order valence-corrected chi connectivity index (χ0v) is 12.6. The van der Waals surface area contributed by atoms with Crippen LogP contribution in [0.2, 0.25) is 0 Å². The number of anilines is 1. The van der Waals surface area contributed by atoms with Crippen LogP contribution in [0.3, 0.4) is 0 Å². The molecule has 5 nitrogen and oxygen atoms in total. The molecule has 1 aromatic heterocycles. The van der Waals surface area contributed by atoms with E-state index in [0.29, 0.717) is 24.6 Å². The Bertz CT molecular complexity index is 628. The van der Waals surface area contributed by atoms with Crippen LogP contribution in [-0.4, -0.2) is 34.5 Å². The smallest absolute Gasteiger partial charge is 0.223 e. The van der Waals surface area contributed by atoms with Gasteiger partial charge in [0.15, 0.2) is 0 Å². The molecule has 0 spiro atoms. The Morgan fingerprint density at radius 3 is 2.70 bits per heavy atom. The zero-order valence-electron chi connectivity index (χ0n) is 12.6. The van der Waals surface area contributed by atoms with Gasteiger partial charge in [-0.3, -0.25) is 4.79 Å². The van der Waals surface area contributed by atoms with E-state index in [2.05, 4.69) is 23.4 Å². The Kier molecular flexibility index (Phi) is 3.97. The number of carbonyl (C=O) groups is 1. The lowest BCUT2D eigenvalue weighted by atomic mass is 10.2. The van der Waals surface area contributed by atoms with Gasteiger partial charge in [0.2, 0.25) is 5.91 Å². The van der Waals surface area contributed by atoms with Crippen LogP contribution in [0.1, 0.15) is 32.0 Å². The largest absolute Gasteiger partial charge is 0.399 e. The quantitative estimate of drug-likeness (QED) is 0.869. The first-order valence-corrected chi connectivity index (χ1v) is 6.86.